The predicted molar refractivity (Wildman–Crippen MR) is 95.8 cm³/mol. The first-order chi connectivity index (χ1) is 11.6. The van der Waals surface area contributed by atoms with Gasteiger partial charge in [-0.3, -0.25) is 4.79 Å². The van der Waals surface area contributed by atoms with Gasteiger partial charge in [0.1, 0.15) is 0 Å². The van der Waals surface area contributed by atoms with Crippen LogP contribution in [0.25, 0.3) is 0 Å². The van der Waals surface area contributed by atoms with E-state index in [9.17, 15) is 4.79 Å². The van der Waals surface area contributed by atoms with Crippen molar-refractivity contribution in [2.45, 2.75) is 58.8 Å². The zero-order valence-electron chi connectivity index (χ0n) is 14.8. The second-order valence-corrected chi connectivity index (χ2v) is 6.78. The number of allylic oxidation sites excluding steroid dienone is 2. The van der Waals surface area contributed by atoms with Gasteiger partial charge in [-0.15, -0.1) is 0 Å². The molecule has 0 saturated heterocycles. The molecule has 0 radical (unpaired) electrons. The molecule has 0 unspecified atom stereocenters. The van der Waals surface area contributed by atoms with Crippen LogP contribution in [0.4, 0.5) is 0 Å². The average Bonchev–Trinajstić information content (AvgIpc) is 3.20. The molecule has 0 fully saturated rings. The highest BCUT2D eigenvalue weighted by Gasteiger charge is 2.08. The van der Waals surface area contributed by atoms with Gasteiger partial charge in [0.2, 0.25) is 0 Å². The lowest BCUT2D eigenvalue weighted by Gasteiger charge is -2.09. The van der Waals surface area contributed by atoms with E-state index >= 15 is 0 Å². The van der Waals surface area contributed by atoms with Crippen LogP contribution < -0.4 is 0 Å². The number of hydrogen-bond donors (Lipinski definition) is 0. The van der Waals surface area contributed by atoms with Crippen molar-refractivity contribution in [2.75, 3.05) is 0 Å². The van der Waals surface area contributed by atoms with Gasteiger partial charge in [0.25, 0.3) is 0 Å². The first kappa shape index (κ1) is 18.3. The highest BCUT2D eigenvalue weighted by atomic mass is 16.3. The normalized spacial score (nSPS) is 13.2. The van der Waals surface area contributed by atoms with E-state index in [1.807, 2.05) is 18.2 Å². The topological polar surface area (TPSA) is 43.4 Å². The van der Waals surface area contributed by atoms with E-state index in [1.54, 1.807) is 25.1 Å². The smallest absolute Gasteiger partial charge is 0.155 e. The molecule has 130 valence electrons. The Morgan fingerprint density at radius 2 is 1.71 bits per heavy atom. The molecule has 2 heterocycles. The largest absolute Gasteiger partial charge is 0.472 e. The average molecular weight is 328 g/mol. The molecule has 2 aromatic rings. The summed E-state index contributed by atoms with van der Waals surface area (Å²) in [4.78, 5) is 12.1. The van der Waals surface area contributed by atoms with Crippen LogP contribution in [0.2, 0.25) is 0 Å². The van der Waals surface area contributed by atoms with Crippen molar-refractivity contribution in [1.82, 2.24) is 0 Å². The molecular formula is C21H28O3. The van der Waals surface area contributed by atoms with Gasteiger partial charge in [0.05, 0.1) is 25.1 Å². The van der Waals surface area contributed by atoms with Gasteiger partial charge in [0.15, 0.2) is 5.78 Å². The summed E-state index contributed by atoms with van der Waals surface area (Å²) < 4.78 is 10.1. The number of furan rings is 2. The summed E-state index contributed by atoms with van der Waals surface area (Å²) in [6.45, 7) is 4.21. The third-order valence-electron chi connectivity index (χ3n) is 4.32. The Bertz CT molecular complexity index is 606. The monoisotopic (exact) mass is 328 g/mol. The fourth-order valence-electron chi connectivity index (χ4n) is 2.95. The Labute approximate surface area is 144 Å². The van der Waals surface area contributed by atoms with Gasteiger partial charge in [-0.25, -0.2) is 0 Å². The van der Waals surface area contributed by atoms with Gasteiger partial charge in [0, 0.05) is 6.42 Å². The van der Waals surface area contributed by atoms with Crippen molar-refractivity contribution in [1.29, 1.82) is 0 Å². The summed E-state index contributed by atoms with van der Waals surface area (Å²) >= 11 is 0. The molecular weight excluding hydrogens is 300 g/mol. The van der Waals surface area contributed by atoms with Crippen LogP contribution in [0.1, 0.15) is 57.1 Å². The van der Waals surface area contributed by atoms with Crippen LogP contribution in [-0.4, -0.2) is 5.78 Å². The Balaban J connectivity index is 1.61. The van der Waals surface area contributed by atoms with Crippen molar-refractivity contribution in [3.8, 4) is 0 Å². The predicted octanol–water partition coefficient (Wildman–Crippen LogP) is 5.76. The Hall–Kier alpha value is -2.03. The van der Waals surface area contributed by atoms with Crippen LogP contribution in [0.5, 0.6) is 0 Å². The molecule has 0 aliphatic rings. The lowest BCUT2D eigenvalue weighted by Crippen LogP contribution is -2.04. The van der Waals surface area contributed by atoms with Crippen LogP contribution in [0, 0.1) is 5.92 Å². The summed E-state index contributed by atoms with van der Waals surface area (Å²) in [5, 5.41) is 0. The Morgan fingerprint density at radius 3 is 2.29 bits per heavy atom. The molecule has 0 amide bonds. The first-order valence-corrected chi connectivity index (χ1v) is 8.85. The van der Waals surface area contributed by atoms with E-state index in [2.05, 4.69) is 13.8 Å². The number of aryl methyl sites for hydroxylation is 2. The van der Waals surface area contributed by atoms with Crippen LogP contribution >= 0.6 is 0 Å². The molecule has 0 aliphatic carbocycles. The zero-order chi connectivity index (χ0) is 17.2. The number of ketones is 1. The zero-order valence-corrected chi connectivity index (χ0v) is 14.8. The summed E-state index contributed by atoms with van der Waals surface area (Å²) in [5.74, 6) is 0.686. The Kier molecular flexibility index (Phi) is 7.60. The minimum absolute atomic E-state index is 0.256. The lowest BCUT2D eigenvalue weighted by molar-refractivity contribution is -0.115. The molecule has 24 heavy (non-hydrogen) atoms. The SMILES string of the molecule is C/C(=C\C(=O)C[C@@H](C)CCCc1ccoc1)CCCc1ccoc1. The van der Waals surface area contributed by atoms with E-state index in [0.29, 0.717) is 12.3 Å². The molecule has 1 atom stereocenters. The van der Waals surface area contributed by atoms with Crippen molar-refractivity contribution in [3.63, 3.8) is 0 Å². The van der Waals surface area contributed by atoms with Crippen molar-refractivity contribution in [2.24, 2.45) is 5.92 Å². The molecule has 0 bridgehead atoms. The molecule has 2 aromatic heterocycles. The number of carbonyl (C=O) groups excluding carboxylic acids is 1. The van der Waals surface area contributed by atoms with E-state index in [1.165, 1.54) is 16.7 Å². The van der Waals surface area contributed by atoms with Gasteiger partial charge < -0.3 is 8.83 Å². The highest BCUT2D eigenvalue weighted by Crippen LogP contribution is 2.16. The van der Waals surface area contributed by atoms with Crippen molar-refractivity contribution in [3.05, 3.63) is 60.0 Å². The molecule has 2 rings (SSSR count). The first-order valence-electron chi connectivity index (χ1n) is 8.85. The minimum atomic E-state index is 0.256. The second kappa shape index (κ2) is 9.96. The minimum Gasteiger partial charge on any atom is -0.472 e. The lowest BCUT2D eigenvalue weighted by atomic mass is 9.96. The Morgan fingerprint density at radius 1 is 1.08 bits per heavy atom. The number of hydrogen-bond acceptors (Lipinski definition) is 3. The number of rotatable bonds is 11. The standard InChI is InChI=1S/C21H28O3/c1-17(5-3-7-19-9-11-23-15-19)13-21(22)14-18(2)6-4-8-20-10-12-24-16-20/h9-13,15-16,18H,3-8,14H2,1-2H3/b17-13+/t18-/m0/s1. The highest BCUT2D eigenvalue weighted by molar-refractivity contribution is 5.90. The summed E-state index contributed by atoms with van der Waals surface area (Å²) in [6, 6.07) is 4.00. The summed E-state index contributed by atoms with van der Waals surface area (Å²) in [6.07, 6.45) is 15.7. The van der Waals surface area contributed by atoms with E-state index < -0.39 is 0 Å². The maximum absolute atomic E-state index is 12.1. The van der Waals surface area contributed by atoms with Gasteiger partial charge in [-0.05, 0) is 80.7 Å². The molecule has 0 aliphatic heterocycles. The van der Waals surface area contributed by atoms with Crippen LogP contribution in [0.3, 0.4) is 0 Å². The molecule has 0 saturated carbocycles. The van der Waals surface area contributed by atoms with Gasteiger partial charge >= 0.3 is 0 Å². The van der Waals surface area contributed by atoms with E-state index in [-0.39, 0.29) is 5.78 Å². The van der Waals surface area contributed by atoms with Crippen molar-refractivity contribution < 1.29 is 13.6 Å². The van der Waals surface area contributed by atoms with Gasteiger partial charge in [-0.1, -0.05) is 12.5 Å². The third kappa shape index (κ3) is 7.03. The van der Waals surface area contributed by atoms with Gasteiger partial charge in [-0.2, -0.15) is 0 Å². The van der Waals surface area contributed by atoms with E-state index in [4.69, 9.17) is 8.83 Å². The number of carbonyl (C=O) groups is 1. The second-order valence-electron chi connectivity index (χ2n) is 6.78. The van der Waals surface area contributed by atoms with E-state index in [0.717, 1.165) is 38.5 Å². The molecule has 0 aromatic carbocycles. The molecule has 0 spiro atoms. The molecule has 3 heteroatoms. The summed E-state index contributed by atoms with van der Waals surface area (Å²) in [5.41, 5.74) is 3.64. The van der Waals surface area contributed by atoms with Crippen molar-refractivity contribution >= 4 is 5.78 Å². The molecule has 0 N–H and O–H groups in total. The fraction of sp³-hybridized carbons (Fsp3) is 0.476. The van der Waals surface area contributed by atoms with Crippen LogP contribution in [-0.2, 0) is 17.6 Å². The quantitative estimate of drug-likeness (QED) is 0.492. The third-order valence-corrected chi connectivity index (χ3v) is 4.32. The van der Waals surface area contributed by atoms with Crippen LogP contribution in [0.15, 0.2) is 57.7 Å². The summed E-state index contributed by atoms with van der Waals surface area (Å²) in [7, 11) is 0. The fourth-order valence-corrected chi connectivity index (χ4v) is 2.95. The maximum Gasteiger partial charge on any atom is 0.155 e. The maximum atomic E-state index is 12.1. The molecule has 3 nitrogen and oxygen atoms in total.